The van der Waals surface area contributed by atoms with Gasteiger partial charge in [-0.15, -0.1) is 0 Å². The summed E-state index contributed by atoms with van der Waals surface area (Å²) in [6.45, 7) is 0.298. The van der Waals surface area contributed by atoms with E-state index in [0.717, 1.165) is 10.0 Å². The molecule has 2 aromatic carbocycles. The maximum atomic E-state index is 12.0. The molecule has 2 amide bonds. The quantitative estimate of drug-likeness (QED) is 0.388. The van der Waals surface area contributed by atoms with Gasteiger partial charge in [-0.1, -0.05) is 39.7 Å². The summed E-state index contributed by atoms with van der Waals surface area (Å²) in [5, 5.41) is 5.01. The van der Waals surface area contributed by atoms with Gasteiger partial charge in [0.1, 0.15) is 12.2 Å². The van der Waals surface area contributed by atoms with Gasteiger partial charge >= 0.3 is 0 Å². The molecular formula is C19H14BrClN2O4S. The first kappa shape index (κ1) is 20.3. The Morgan fingerprint density at radius 1 is 1.14 bits per heavy atom. The summed E-state index contributed by atoms with van der Waals surface area (Å²) in [5.74, 6) is -0.421. The number of carbonyl (C=O) groups is 2. The molecule has 6 nitrogen and oxygen atoms in total. The average Bonchev–Trinajstić information content (AvgIpc) is 2.64. The monoisotopic (exact) mass is 480 g/mol. The van der Waals surface area contributed by atoms with Crippen LogP contribution in [0.2, 0.25) is 5.02 Å². The third-order valence-electron chi connectivity index (χ3n) is 3.80. The molecule has 0 radical (unpaired) electrons. The lowest BCUT2D eigenvalue weighted by Crippen LogP contribution is -2.51. The maximum absolute atomic E-state index is 12.0. The van der Waals surface area contributed by atoms with Gasteiger partial charge in [-0.25, -0.2) is 0 Å². The molecule has 9 heteroatoms. The highest BCUT2D eigenvalue weighted by atomic mass is 79.9. The van der Waals surface area contributed by atoms with Crippen LogP contribution in [0.4, 0.5) is 0 Å². The molecule has 144 valence electrons. The smallest absolute Gasteiger partial charge is 0.263 e. The summed E-state index contributed by atoms with van der Waals surface area (Å²) in [6, 6.07) is 10.9. The number of rotatable bonds is 5. The molecular weight excluding hydrogens is 468 g/mol. The van der Waals surface area contributed by atoms with Crippen molar-refractivity contribution in [2.75, 3.05) is 7.11 Å². The van der Waals surface area contributed by atoms with Gasteiger partial charge in [0.25, 0.3) is 11.8 Å². The van der Waals surface area contributed by atoms with Crippen molar-refractivity contribution in [3.8, 4) is 11.5 Å². The normalized spacial score (nSPS) is 13.7. The zero-order chi connectivity index (χ0) is 20.3. The summed E-state index contributed by atoms with van der Waals surface area (Å²) >= 11 is 14.5. The second-order valence-electron chi connectivity index (χ2n) is 5.74. The lowest BCUT2D eigenvalue weighted by Gasteiger charge is -2.17. The molecule has 0 unspecified atom stereocenters. The van der Waals surface area contributed by atoms with Crippen molar-refractivity contribution < 1.29 is 19.1 Å². The van der Waals surface area contributed by atoms with Crippen LogP contribution in [0.1, 0.15) is 11.1 Å². The second-order valence-corrected chi connectivity index (χ2v) is 7.48. The fourth-order valence-electron chi connectivity index (χ4n) is 2.47. The molecule has 1 aliphatic rings. The molecule has 2 N–H and O–H groups in total. The van der Waals surface area contributed by atoms with Crippen molar-refractivity contribution >= 4 is 62.8 Å². The van der Waals surface area contributed by atoms with Crippen LogP contribution in [0.5, 0.6) is 11.5 Å². The topological polar surface area (TPSA) is 76.7 Å². The van der Waals surface area contributed by atoms with Gasteiger partial charge in [0.05, 0.1) is 12.1 Å². The lowest BCUT2D eigenvalue weighted by molar-refractivity contribution is -0.123. The van der Waals surface area contributed by atoms with Crippen molar-refractivity contribution in [3.05, 3.63) is 62.6 Å². The molecule has 1 saturated heterocycles. The first-order valence-corrected chi connectivity index (χ1v) is 9.58. The second kappa shape index (κ2) is 8.72. The minimum absolute atomic E-state index is 0.0283. The van der Waals surface area contributed by atoms with E-state index in [1.807, 2.05) is 24.3 Å². The number of benzene rings is 2. The van der Waals surface area contributed by atoms with E-state index in [0.29, 0.717) is 23.7 Å². The SMILES string of the molecule is COc1cc(C=C2C(=O)NC(=S)NC2=O)cc(Cl)c1OCc1ccc(Br)cc1. The summed E-state index contributed by atoms with van der Waals surface area (Å²) in [4.78, 5) is 24.0. The van der Waals surface area contributed by atoms with E-state index in [9.17, 15) is 9.59 Å². The molecule has 0 aromatic heterocycles. The van der Waals surface area contributed by atoms with Gasteiger partial charge in [-0.05, 0) is 53.7 Å². The van der Waals surface area contributed by atoms with Crippen LogP contribution < -0.4 is 20.1 Å². The van der Waals surface area contributed by atoms with Crippen molar-refractivity contribution in [3.63, 3.8) is 0 Å². The zero-order valence-electron chi connectivity index (χ0n) is 14.5. The van der Waals surface area contributed by atoms with Crippen LogP contribution in [0.25, 0.3) is 6.08 Å². The molecule has 28 heavy (non-hydrogen) atoms. The van der Waals surface area contributed by atoms with E-state index in [1.165, 1.54) is 13.2 Å². The molecule has 0 atom stereocenters. The standard InChI is InChI=1S/C19H14BrClN2O4S/c1-26-15-8-11(6-13-17(24)22-19(28)23-18(13)25)7-14(21)16(15)27-9-10-2-4-12(20)5-3-10/h2-8H,9H2,1H3,(H2,22,23,24,25,28). The Bertz CT molecular complexity index is 970. The van der Waals surface area contributed by atoms with E-state index < -0.39 is 11.8 Å². The molecule has 3 rings (SSSR count). The van der Waals surface area contributed by atoms with Crippen molar-refractivity contribution in [1.82, 2.24) is 10.6 Å². The number of nitrogens with one attached hydrogen (secondary N) is 2. The molecule has 0 saturated carbocycles. The van der Waals surface area contributed by atoms with E-state index >= 15 is 0 Å². The lowest BCUT2D eigenvalue weighted by atomic mass is 10.1. The van der Waals surface area contributed by atoms with Crippen LogP contribution in [0, 0.1) is 0 Å². The van der Waals surface area contributed by atoms with Crippen LogP contribution in [0.15, 0.2) is 46.4 Å². The Morgan fingerprint density at radius 3 is 2.39 bits per heavy atom. The zero-order valence-corrected chi connectivity index (χ0v) is 17.7. The number of hydrogen-bond donors (Lipinski definition) is 2. The number of thiocarbonyl (C=S) groups is 1. The number of hydrogen-bond acceptors (Lipinski definition) is 5. The van der Waals surface area contributed by atoms with Crippen LogP contribution in [0.3, 0.4) is 0 Å². The number of halogens is 2. The fourth-order valence-corrected chi connectivity index (χ4v) is 3.20. The van der Waals surface area contributed by atoms with Crippen LogP contribution in [-0.4, -0.2) is 24.0 Å². The number of carbonyl (C=O) groups excluding carboxylic acids is 2. The molecule has 0 spiro atoms. The highest BCUT2D eigenvalue weighted by Crippen LogP contribution is 2.37. The number of amides is 2. The minimum Gasteiger partial charge on any atom is -0.493 e. The molecule has 1 aliphatic heterocycles. The van der Waals surface area contributed by atoms with Gasteiger partial charge in [-0.3, -0.25) is 20.2 Å². The van der Waals surface area contributed by atoms with E-state index in [1.54, 1.807) is 12.1 Å². The van der Waals surface area contributed by atoms with Crippen molar-refractivity contribution in [2.24, 2.45) is 0 Å². The highest BCUT2D eigenvalue weighted by Gasteiger charge is 2.26. The third-order valence-corrected chi connectivity index (χ3v) is 4.82. The van der Waals surface area contributed by atoms with E-state index in [-0.39, 0.29) is 15.7 Å². The Labute approximate surface area is 180 Å². The number of ether oxygens (including phenoxy) is 2. The predicted molar refractivity (Wildman–Crippen MR) is 113 cm³/mol. The highest BCUT2D eigenvalue weighted by molar-refractivity contribution is 9.10. The minimum atomic E-state index is -0.584. The third kappa shape index (κ3) is 4.70. The first-order valence-electron chi connectivity index (χ1n) is 8.00. The molecule has 0 aliphatic carbocycles. The number of methoxy groups -OCH3 is 1. The summed E-state index contributed by atoms with van der Waals surface area (Å²) < 4.78 is 12.2. The largest absolute Gasteiger partial charge is 0.493 e. The summed E-state index contributed by atoms with van der Waals surface area (Å²) in [5.41, 5.74) is 1.38. The fraction of sp³-hybridized carbons (Fsp3) is 0.105. The Hall–Kier alpha value is -2.42. The van der Waals surface area contributed by atoms with Gasteiger partial charge in [0.2, 0.25) is 0 Å². The molecule has 2 aromatic rings. The Morgan fingerprint density at radius 2 is 1.79 bits per heavy atom. The van der Waals surface area contributed by atoms with E-state index in [2.05, 4.69) is 26.6 Å². The maximum Gasteiger partial charge on any atom is 0.263 e. The first-order chi connectivity index (χ1) is 13.4. The van der Waals surface area contributed by atoms with E-state index in [4.69, 9.17) is 33.3 Å². The summed E-state index contributed by atoms with van der Waals surface area (Å²) in [6.07, 6.45) is 1.40. The average molecular weight is 482 g/mol. The predicted octanol–water partition coefficient (Wildman–Crippen LogP) is 3.60. The van der Waals surface area contributed by atoms with Crippen LogP contribution >= 0.6 is 39.7 Å². The van der Waals surface area contributed by atoms with Crippen LogP contribution in [-0.2, 0) is 16.2 Å². The van der Waals surface area contributed by atoms with Gasteiger partial charge in [0.15, 0.2) is 16.6 Å². The Kier molecular flexibility index (Phi) is 6.33. The van der Waals surface area contributed by atoms with Gasteiger partial charge in [-0.2, -0.15) is 0 Å². The van der Waals surface area contributed by atoms with Gasteiger partial charge < -0.3 is 9.47 Å². The molecule has 1 fully saturated rings. The molecule has 0 bridgehead atoms. The van der Waals surface area contributed by atoms with Gasteiger partial charge in [0, 0.05) is 4.47 Å². The summed E-state index contributed by atoms with van der Waals surface area (Å²) in [7, 11) is 1.48. The Balaban J connectivity index is 1.86. The van der Waals surface area contributed by atoms with Crippen molar-refractivity contribution in [2.45, 2.75) is 6.61 Å². The van der Waals surface area contributed by atoms with Crippen molar-refractivity contribution in [1.29, 1.82) is 0 Å². The molecule has 1 heterocycles.